The maximum atomic E-state index is 12.1. The molecule has 1 aromatic rings. The molecule has 0 radical (unpaired) electrons. The van der Waals surface area contributed by atoms with E-state index >= 15 is 0 Å². The number of carbonyl (C=O) groups excluding carboxylic acids is 3. The molecule has 1 atom stereocenters. The molecule has 1 amide bonds. The van der Waals surface area contributed by atoms with E-state index in [1.807, 2.05) is 0 Å². The van der Waals surface area contributed by atoms with Gasteiger partial charge in [-0.2, -0.15) is 0 Å². The van der Waals surface area contributed by atoms with E-state index < -0.39 is 29.5 Å². The minimum atomic E-state index is -1.30. The van der Waals surface area contributed by atoms with E-state index in [2.05, 4.69) is 0 Å². The molecular weight excluding hydrogens is 274 g/mol. The van der Waals surface area contributed by atoms with Crippen molar-refractivity contribution in [3.8, 4) is 0 Å². The van der Waals surface area contributed by atoms with Crippen LogP contribution in [0.3, 0.4) is 0 Å². The molecule has 21 heavy (non-hydrogen) atoms. The Hall–Kier alpha value is -2.63. The molecule has 0 saturated heterocycles. The van der Waals surface area contributed by atoms with Crippen LogP contribution in [-0.4, -0.2) is 34.2 Å². The highest BCUT2D eigenvalue weighted by Gasteiger charge is 2.41. The van der Waals surface area contributed by atoms with Gasteiger partial charge in [0.25, 0.3) is 5.91 Å². The third kappa shape index (κ3) is 2.79. The lowest BCUT2D eigenvalue weighted by atomic mass is 9.97. The van der Waals surface area contributed by atoms with Gasteiger partial charge in [-0.3, -0.25) is 9.59 Å². The minimum Gasteiger partial charge on any atom is -0.550 e. The van der Waals surface area contributed by atoms with Crippen molar-refractivity contribution in [1.29, 1.82) is 0 Å². The van der Waals surface area contributed by atoms with Crippen LogP contribution in [0.2, 0.25) is 0 Å². The van der Waals surface area contributed by atoms with Crippen LogP contribution in [0.5, 0.6) is 0 Å². The number of carboxylic acid groups (broad SMARTS) is 1. The summed E-state index contributed by atoms with van der Waals surface area (Å²) in [6.07, 6.45) is -0.368. The van der Waals surface area contributed by atoms with Crippen molar-refractivity contribution >= 4 is 17.7 Å². The Labute approximate surface area is 121 Å². The lowest BCUT2D eigenvalue weighted by Gasteiger charge is -2.26. The van der Waals surface area contributed by atoms with Crippen molar-refractivity contribution in [2.75, 3.05) is 6.54 Å². The number of ketones is 1. The summed E-state index contributed by atoms with van der Waals surface area (Å²) in [5.74, 6) is -3.08. The van der Waals surface area contributed by atoms with E-state index in [1.54, 1.807) is 30.3 Å². The average molecular weight is 288 g/mol. The molecule has 6 heteroatoms. The smallest absolute Gasteiger partial charge is 0.290 e. The number of aliphatic hydroxyl groups is 1. The van der Waals surface area contributed by atoms with Crippen LogP contribution in [0.1, 0.15) is 24.9 Å². The molecule has 6 nitrogen and oxygen atoms in total. The quantitative estimate of drug-likeness (QED) is 0.829. The standard InChI is InChI=1S/C15H15NO5/c1-9(17)12-13(10-5-3-2-4-6-10)16(8-7-11(18)19)15(21)14(12)20/h2-6,13,20H,7-8H2,1H3,(H,18,19)/p-1/t13-/m1/s1. The van der Waals surface area contributed by atoms with Crippen molar-refractivity contribution in [2.45, 2.75) is 19.4 Å². The minimum absolute atomic E-state index is 0.00968. The van der Waals surface area contributed by atoms with Gasteiger partial charge in [-0.1, -0.05) is 30.3 Å². The molecule has 0 spiro atoms. The maximum absolute atomic E-state index is 12.1. The summed E-state index contributed by atoms with van der Waals surface area (Å²) in [7, 11) is 0. The van der Waals surface area contributed by atoms with Gasteiger partial charge in [0.2, 0.25) is 0 Å². The predicted octanol–water partition coefficient (Wildman–Crippen LogP) is 0.111. The first kappa shape index (κ1) is 14.8. The molecule has 1 heterocycles. The van der Waals surface area contributed by atoms with Crippen molar-refractivity contribution in [2.24, 2.45) is 0 Å². The van der Waals surface area contributed by atoms with Crippen LogP contribution in [0, 0.1) is 0 Å². The lowest BCUT2D eigenvalue weighted by molar-refractivity contribution is -0.305. The summed E-state index contributed by atoms with van der Waals surface area (Å²) >= 11 is 0. The second kappa shape index (κ2) is 5.78. The first-order chi connectivity index (χ1) is 9.93. The van der Waals surface area contributed by atoms with E-state index in [0.29, 0.717) is 5.56 Å². The van der Waals surface area contributed by atoms with Gasteiger partial charge in [-0.25, -0.2) is 0 Å². The monoisotopic (exact) mass is 288 g/mol. The molecule has 0 fully saturated rings. The second-order valence-corrected chi connectivity index (χ2v) is 4.75. The van der Waals surface area contributed by atoms with Gasteiger partial charge in [-0.05, 0) is 12.5 Å². The number of carboxylic acids is 1. The van der Waals surface area contributed by atoms with Crippen LogP contribution in [0.15, 0.2) is 41.7 Å². The molecule has 0 unspecified atom stereocenters. The maximum Gasteiger partial charge on any atom is 0.290 e. The molecule has 2 rings (SSSR count). The summed E-state index contributed by atoms with van der Waals surface area (Å²) in [6.45, 7) is 1.12. The van der Waals surface area contributed by atoms with Gasteiger partial charge in [0, 0.05) is 18.9 Å². The molecule has 110 valence electrons. The van der Waals surface area contributed by atoms with Crippen molar-refractivity contribution in [3.05, 3.63) is 47.2 Å². The average Bonchev–Trinajstić information content (AvgIpc) is 2.70. The van der Waals surface area contributed by atoms with Gasteiger partial charge in [0.1, 0.15) is 0 Å². The summed E-state index contributed by atoms with van der Waals surface area (Å²) in [5, 5.41) is 20.5. The summed E-state index contributed by atoms with van der Waals surface area (Å²) in [6, 6.07) is 7.92. The Bertz CT molecular complexity index is 620. The fourth-order valence-electron chi connectivity index (χ4n) is 2.44. The lowest BCUT2D eigenvalue weighted by Crippen LogP contribution is -2.35. The molecule has 1 aromatic carbocycles. The largest absolute Gasteiger partial charge is 0.550 e. The number of hydrogen-bond donors (Lipinski definition) is 1. The number of rotatable bonds is 5. The summed E-state index contributed by atoms with van der Waals surface area (Å²) < 4.78 is 0. The third-order valence-corrected chi connectivity index (χ3v) is 3.36. The Morgan fingerprint density at radius 2 is 1.90 bits per heavy atom. The van der Waals surface area contributed by atoms with Gasteiger partial charge in [0.15, 0.2) is 11.5 Å². The number of nitrogens with zero attached hydrogens (tertiary/aromatic N) is 1. The number of aliphatic hydroxyl groups excluding tert-OH is 1. The Balaban J connectivity index is 2.43. The van der Waals surface area contributed by atoms with E-state index in [1.165, 1.54) is 11.8 Å². The Morgan fingerprint density at radius 1 is 1.29 bits per heavy atom. The van der Waals surface area contributed by atoms with Crippen LogP contribution in [0.4, 0.5) is 0 Å². The molecule has 1 N–H and O–H groups in total. The summed E-state index contributed by atoms with van der Waals surface area (Å²) in [4.78, 5) is 35.6. The molecule has 0 bridgehead atoms. The van der Waals surface area contributed by atoms with Crippen LogP contribution in [0.25, 0.3) is 0 Å². The molecule has 1 aliphatic heterocycles. The highest BCUT2D eigenvalue weighted by molar-refractivity contribution is 6.08. The number of benzene rings is 1. The van der Waals surface area contributed by atoms with Crippen LogP contribution in [-0.2, 0) is 14.4 Å². The van der Waals surface area contributed by atoms with Crippen LogP contribution >= 0.6 is 0 Å². The number of Topliss-reactive ketones (excluding diaryl/α,β-unsaturated/α-hetero) is 1. The molecule has 0 saturated carbocycles. The zero-order valence-electron chi connectivity index (χ0n) is 11.4. The molecule has 0 aliphatic carbocycles. The highest BCUT2D eigenvalue weighted by atomic mass is 16.4. The normalized spacial score (nSPS) is 18.2. The van der Waals surface area contributed by atoms with Gasteiger partial charge in [0.05, 0.1) is 11.6 Å². The van der Waals surface area contributed by atoms with E-state index in [0.717, 1.165) is 0 Å². The van der Waals surface area contributed by atoms with E-state index in [9.17, 15) is 24.6 Å². The Morgan fingerprint density at radius 3 is 2.43 bits per heavy atom. The van der Waals surface area contributed by atoms with Crippen LogP contribution < -0.4 is 5.11 Å². The molecule has 1 aliphatic rings. The number of carbonyl (C=O) groups is 3. The molecular formula is C15H14NO5-. The van der Waals surface area contributed by atoms with Gasteiger partial charge < -0.3 is 19.9 Å². The highest BCUT2D eigenvalue weighted by Crippen LogP contribution is 2.37. The number of hydrogen-bond acceptors (Lipinski definition) is 5. The number of amides is 1. The first-order valence-electron chi connectivity index (χ1n) is 6.43. The van der Waals surface area contributed by atoms with Crippen molar-refractivity contribution < 1.29 is 24.6 Å². The SMILES string of the molecule is CC(=O)C1=C(O)C(=O)N(CCC(=O)[O-])[C@@H]1c1ccccc1. The summed E-state index contributed by atoms with van der Waals surface area (Å²) in [5.41, 5.74) is 0.628. The van der Waals surface area contributed by atoms with Gasteiger partial charge in [-0.15, -0.1) is 0 Å². The van der Waals surface area contributed by atoms with Crippen molar-refractivity contribution in [3.63, 3.8) is 0 Å². The fraction of sp³-hybridized carbons (Fsp3) is 0.267. The zero-order valence-corrected chi connectivity index (χ0v) is 11.4. The zero-order chi connectivity index (χ0) is 15.6. The molecule has 0 aromatic heterocycles. The van der Waals surface area contributed by atoms with E-state index in [4.69, 9.17) is 0 Å². The van der Waals surface area contributed by atoms with Gasteiger partial charge >= 0.3 is 0 Å². The topological polar surface area (TPSA) is 97.7 Å². The Kier molecular flexibility index (Phi) is 4.07. The van der Waals surface area contributed by atoms with E-state index in [-0.39, 0.29) is 18.5 Å². The second-order valence-electron chi connectivity index (χ2n) is 4.75. The number of aliphatic carboxylic acids is 1. The first-order valence-corrected chi connectivity index (χ1v) is 6.43. The van der Waals surface area contributed by atoms with Crippen molar-refractivity contribution in [1.82, 2.24) is 4.90 Å². The fourth-order valence-corrected chi connectivity index (χ4v) is 2.44. The third-order valence-electron chi connectivity index (χ3n) is 3.36. The predicted molar refractivity (Wildman–Crippen MR) is 70.9 cm³/mol.